The quantitative estimate of drug-likeness (QED) is 0.832. The maximum atomic E-state index is 12.6. The van der Waals surface area contributed by atoms with Crippen molar-refractivity contribution in [3.05, 3.63) is 52.3 Å². The minimum absolute atomic E-state index is 0.0232. The zero-order chi connectivity index (χ0) is 20.5. The van der Waals surface area contributed by atoms with Crippen molar-refractivity contribution in [3.63, 3.8) is 0 Å². The van der Waals surface area contributed by atoms with Crippen molar-refractivity contribution in [3.8, 4) is 0 Å². The Morgan fingerprint density at radius 3 is 2.46 bits per heavy atom. The van der Waals surface area contributed by atoms with Crippen LogP contribution in [-0.4, -0.2) is 44.8 Å². The van der Waals surface area contributed by atoms with Crippen molar-refractivity contribution < 1.29 is 14.7 Å². The SMILES string of the molecule is Cc1ccc(Cn2nc(C)c(CCC(=O)N3CC[C@](C)(C(=O)O)C3)c2C)cc1. The van der Waals surface area contributed by atoms with E-state index in [9.17, 15) is 14.7 Å². The van der Waals surface area contributed by atoms with Gasteiger partial charge in [-0.25, -0.2) is 0 Å². The lowest BCUT2D eigenvalue weighted by Gasteiger charge is -2.20. The largest absolute Gasteiger partial charge is 0.481 e. The van der Waals surface area contributed by atoms with Gasteiger partial charge in [-0.1, -0.05) is 29.8 Å². The molecular weight excluding hydrogens is 354 g/mol. The summed E-state index contributed by atoms with van der Waals surface area (Å²) in [5.74, 6) is -0.804. The predicted octanol–water partition coefficient (Wildman–Crippen LogP) is 3.11. The van der Waals surface area contributed by atoms with Crippen LogP contribution in [0.3, 0.4) is 0 Å². The highest BCUT2D eigenvalue weighted by molar-refractivity contribution is 5.80. The van der Waals surface area contributed by atoms with Crippen LogP contribution in [-0.2, 0) is 22.6 Å². The highest BCUT2D eigenvalue weighted by atomic mass is 16.4. The fraction of sp³-hybridized carbons (Fsp3) is 0.500. The third-order valence-corrected chi connectivity index (χ3v) is 5.92. The van der Waals surface area contributed by atoms with Crippen molar-refractivity contribution in [2.24, 2.45) is 5.41 Å². The zero-order valence-electron chi connectivity index (χ0n) is 17.2. The van der Waals surface area contributed by atoms with E-state index in [1.165, 1.54) is 11.1 Å². The molecule has 3 rings (SSSR count). The fourth-order valence-electron chi connectivity index (χ4n) is 3.85. The van der Waals surface area contributed by atoms with Crippen LogP contribution in [0.15, 0.2) is 24.3 Å². The topological polar surface area (TPSA) is 75.4 Å². The number of carbonyl (C=O) groups is 2. The summed E-state index contributed by atoms with van der Waals surface area (Å²) in [6, 6.07) is 8.42. The highest BCUT2D eigenvalue weighted by Crippen LogP contribution is 2.30. The Balaban J connectivity index is 1.63. The van der Waals surface area contributed by atoms with Crippen LogP contribution in [0.5, 0.6) is 0 Å². The fourth-order valence-corrected chi connectivity index (χ4v) is 3.85. The van der Waals surface area contributed by atoms with E-state index in [0.717, 1.165) is 17.0 Å². The second-order valence-corrected chi connectivity index (χ2v) is 8.22. The molecule has 6 nitrogen and oxygen atoms in total. The monoisotopic (exact) mass is 383 g/mol. The smallest absolute Gasteiger partial charge is 0.311 e. The second-order valence-electron chi connectivity index (χ2n) is 8.22. The van der Waals surface area contributed by atoms with Crippen LogP contribution in [0, 0.1) is 26.2 Å². The molecule has 0 aliphatic carbocycles. The van der Waals surface area contributed by atoms with Gasteiger partial charge in [-0.3, -0.25) is 14.3 Å². The molecule has 28 heavy (non-hydrogen) atoms. The van der Waals surface area contributed by atoms with Crippen LogP contribution in [0.1, 0.15) is 47.8 Å². The average Bonchev–Trinajstić information content (AvgIpc) is 3.17. The summed E-state index contributed by atoms with van der Waals surface area (Å²) in [6.07, 6.45) is 1.53. The number of amides is 1. The molecule has 1 atom stereocenters. The first-order valence-corrected chi connectivity index (χ1v) is 9.79. The van der Waals surface area contributed by atoms with Crippen LogP contribution in [0.25, 0.3) is 0 Å². The van der Waals surface area contributed by atoms with Crippen molar-refractivity contribution in [1.29, 1.82) is 0 Å². The van der Waals surface area contributed by atoms with Crippen LogP contribution in [0.4, 0.5) is 0 Å². The standard InChI is InChI=1S/C22H29N3O3/c1-15-5-7-18(8-6-15)13-25-17(3)19(16(2)23-25)9-10-20(26)24-12-11-22(4,14-24)21(27)28/h5-8H,9-14H2,1-4H3,(H,27,28)/t22-/m0/s1. The van der Waals surface area contributed by atoms with E-state index < -0.39 is 11.4 Å². The molecule has 1 amide bonds. The van der Waals surface area contributed by atoms with Gasteiger partial charge in [-0.2, -0.15) is 5.10 Å². The Bertz CT molecular complexity index is 885. The molecule has 1 aliphatic rings. The summed E-state index contributed by atoms with van der Waals surface area (Å²) in [6.45, 7) is 9.34. The minimum Gasteiger partial charge on any atom is -0.481 e. The molecular formula is C22H29N3O3. The first-order chi connectivity index (χ1) is 13.2. The molecule has 2 aromatic rings. The molecule has 1 aliphatic heterocycles. The van der Waals surface area contributed by atoms with Crippen molar-refractivity contribution >= 4 is 11.9 Å². The van der Waals surface area contributed by atoms with Crippen molar-refractivity contribution in [2.75, 3.05) is 13.1 Å². The van der Waals surface area contributed by atoms with Gasteiger partial charge in [0.2, 0.25) is 5.91 Å². The van der Waals surface area contributed by atoms with Crippen LogP contribution >= 0.6 is 0 Å². The molecule has 1 aromatic carbocycles. The molecule has 1 saturated heterocycles. The summed E-state index contributed by atoms with van der Waals surface area (Å²) in [5.41, 5.74) is 4.76. The summed E-state index contributed by atoms with van der Waals surface area (Å²) < 4.78 is 2.00. The summed E-state index contributed by atoms with van der Waals surface area (Å²) in [7, 11) is 0. The van der Waals surface area contributed by atoms with Gasteiger partial charge in [0.1, 0.15) is 0 Å². The number of carboxylic acid groups (broad SMARTS) is 1. The van der Waals surface area contributed by atoms with Crippen LogP contribution in [0.2, 0.25) is 0 Å². The molecule has 150 valence electrons. The van der Waals surface area contributed by atoms with Crippen molar-refractivity contribution in [1.82, 2.24) is 14.7 Å². The second kappa shape index (κ2) is 7.78. The molecule has 1 fully saturated rings. The van der Waals surface area contributed by atoms with Gasteiger partial charge in [0.05, 0.1) is 17.7 Å². The third-order valence-electron chi connectivity index (χ3n) is 5.92. The molecule has 2 heterocycles. The number of carboxylic acids is 1. The molecule has 0 saturated carbocycles. The summed E-state index contributed by atoms with van der Waals surface area (Å²) in [4.78, 5) is 25.7. The number of carbonyl (C=O) groups excluding carboxylic acids is 1. The van der Waals surface area contributed by atoms with E-state index in [1.54, 1.807) is 11.8 Å². The number of aromatic nitrogens is 2. The molecule has 1 aromatic heterocycles. The van der Waals surface area contributed by atoms with Gasteiger partial charge in [-0.05, 0) is 51.7 Å². The maximum absolute atomic E-state index is 12.6. The lowest BCUT2D eigenvalue weighted by Crippen LogP contribution is -2.35. The lowest BCUT2D eigenvalue weighted by molar-refractivity contribution is -0.147. The molecule has 0 spiro atoms. The summed E-state index contributed by atoms with van der Waals surface area (Å²) in [5, 5.41) is 14.0. The lowest BCUT2D eigenvalue weighted by atomic mass is 9.90. The molecule has 0 bridgehead atoms. The minimum atomic E-state index is -0.827. The van der Waals surface area contributed by atoms with Crippen LogP contribution < -0.4 is 0 Å². The molecule has 6 heteroatoms. The number of aryl methyl sites for hydroxylation is 2. The van der Waals surface area contributed by atoms with E-state index in [-0.39, 0.29) is 5.91 Å². The van der Waals surface area contributed by atoms with Gasteiger partial charge in [-0.15, -0.1) is 0 Å². The summed E-state index contributed by atoms with van der Waals surface area (Å²) >= 11 is 0. The first-order valence-electron chi connectivity index (χ1n) is 9.79. The highest BCUT2D eigenvalue weighted by Gasteiger charge is 2.41. The number of benzene rings is 1. The molecule has 1 N–H and O–H groups in total. The Morgan fingerprint density at radius 2 is 1.86 bits per heavy atom. The number of hydrogen-bond donors (Lipinski definition) is 1. The van der Waals surface area contributed by atoms with E-state index in [4.69, 9.17) is 0 Å². The maximum Gasteiger partial charge on any atom is 0.311 e. The predicted molar refractivity (Wildman–Crippen MR) is 107 cm³/mol. The zero-order valence-corrected chi connectivity index (χ0v) is 17.2. The third kappa shape index (κ3) is 4.11. The number of rotatable bonds is 6. The average molecular weight is 383 g/mol. The van der Waals surface area contributed by atoms with E-state index in [1.807, 2.05) is 18.5 Å². The molecule has 0 radical (unpaired) electrons. The Hall–Kier alpha value is -2.63. The Labute approximate surface area is 166 Å². The first kappa shape index (κ1) is 20.1. The Morgan fingerprint density at radius 1 is 1.18 bits per heavy atom. The van der Waals surface area contributed by atoms with Gasteiger partial charge in [0.15, 0.2) is 0 Å². The van der Waals surface area contributed by atoms with Gasteiger partial charge in [0, 0.05) is 25.2 Å². The normalized spacial score (nSPS) is 19.2. The van der Waals surface area contributed by atoms with E-state index in [0.29, 0.717) is 38.9 Å². The van der Waals surface area contributed by atoms with E-state index in [2.05, 4.69) is 36.3 Å². The van der Waals surface area contributed by atoms with Gasteiger partial charge in [0.25, 0.3) is 0 Å². The Kier molecular flexibility index (Phi) is 5.59. The van der Waals surface area contributed by atoms with Gasteiger partial charge < -0.3 is 10.0 Å². The number of hydrogen-bond acceptors (Lipinski definition) is 3. The molecule has 0 unspecified atom stereocenters. The number of nitrogens with zero attached hydrogens (tertiary/aromatic N) is 3. The number of likely N-dealkylation sites (tertiary alicyclic amines) is 1. The van der Waals surface area contributed by atoms with Gasteiger partial charge >= 0.3 is 5.97 Å². The van der Waals surface area contributed by atoms with E-state index >= 15 is 0 Å². The number of aliphatic carboxylic acids is 1. The van der Waals surface area contributed by atoms with Crippen molar-refractivity contribution in [2.45, 2.75) is 53.5 Å².